The molecule has 4 atom stereocenters. The first-order chi connectivity index (χ1) is 4.33. The van der Waals surface area contributed by atoms with E-state index in [9.17, 15) is 0 Å². The van der Waals surface area contributed by atoms with Crippen molar-refractivity contribution in [2.75, 3.05) is 0 Å². The molecule has 0 spiro atoms. The fraction of sp³-hybridized carbons (Fsp3) is 1.00. The van der Waals surface area contributed by atoms with Crippen molar-refractivity contribution in [3.05, 3.63) is 0 Å². The third-order valence-corrected chi connectivity index (χ3v) is 2.85. The molecule has 52 valence electrons. The Morgan fingerprint density at radius 2 is 2.33 bits per heavy atom. The van der Waals surface area contributed by atoms with E-state index in [0.29, 0.717) is 12.2 Å². The van der Waals surface area contributed by atoms with Crippen molar-refractivity contribution in [2.24, 2.45) is 11.8 Å². The number of ether oxygens (including phenoxy) is 1. The van der Waals surface area contributed by atoms with Gasteiger partial charge < -0.3 is 4.74 Å². The summed E-state index contributed by atoms with van der Waals surface area (Å²) in [5, 5.41) is 0. The van der Waals surface area contributed by atoms with Crippen LogP contribution in [-0.4, -0.2) is 12.2 Å². The average Bonchev–Trinajstić information content (AvgIpc) is 2.45. The number of rotatable bonds is 1. The molecule has 0 amide bonds. The van der Waals surface area contributed by atoms with Crippen molar-refractivity contribution < 1.29 is 4.74 Å². The fourth-order valence-electron chi connectivity index (χ4n) is 2.22. The predicted octanol–water partition coefficient (Wildman–Crippen LogP) is 1.82. The first-order valence-corrected chi connectivity index (χ1v) is 3.98. The summed E-state index contributed by atoms with van der Waals surface area (Å²) in [7, 11) is 0. The molecule has 1 heterocycles. The lowest BCUT2D eigenvalue weighted by atomic mass is 9.95. The van der Waals surface area contributed by atoms with Gasteiger partial charge in [0, 0.05) is 0 Å². The maximum absolute atomic E-state index is 5.43. The normalized spacial score (nSPS) is 55.3. The predicted molar refractivity (Wildman–Crippen MR) is 36.2 cm³/mol. The van der Waals surface area contributed by atoms with Crippen molar-refractivity contribution in [1.82, 2.24) is 0 Å². The Morgan fingerprint density at radius 3 is 2.67 bits per heavy atom. The van der Waals surface area contributed by atoms with E-state index in [-0.39, 0.29) is 0 Å². The minimum absolute atomic E-state index is 0.671. The van der Waals surface area contributed by atoms with Gasteiger partial charge in [-0.15, -0.1) is 0 Å². The quantitative estimate of drug-likeness (QED) is 0.488. The van der Waals surface area contributed by atoms with E-state index >= 15 is 0 Å². The molecule has 0 N–H and O–H groups in total. The molecule has 0 aromatic heterocycles. The van der Waals surface area contributed by atoms with Crippen molar-refractivity contribution in [1.29, 1.82) is 0 Å². The van der Waals surface area contributed by atoms with Crippen LogP contribution in [0.5, 0.6) is 0 Å². The molecular weight excluding hydrogens is 112 g/mol. The zero-order chi connectivity index (χ0) is 6.43. The second-order valence-corrected chi connectivity index (χ2v) is 3.42. The van der Waals surface area contributed by atoms with Gasteiger partial charge in [0.2, 0.25) is 0 Å². The first-order valence-electron chi connectivity index (χ1n) is 3.98. The van der Waals surface area contributed by atoms with Crippen LogP contribution >= 0.6 is 0 Å². The largest absolute Gasteiger partial charge is 0.369 e. The third kappa shape index (κ3) is 0.710. The van der Waals surface area contributed by atoms with E-state index in [1.54, 1.807) is 0 Å². The lowest BCUT2D eigenvalue weighted by Gasteiger charge is -2.14. The maximum Gasteiger partial charge on any atom is 0.0872 e. The fourth-order valence-corrected chi connectivity index (χ4v) is 2.22. The summed E-state index contributed by atoms with van der Waals surface area (Å²) < 4.78 is 5.43. The van der Waals surface area contributed by atoms with E-state index in [1.807, 2.05) is 0 Å². The molecule has 0 radical (unpaired) electrons. The Kier molecular flexibility index (Phi) is 1.10. The molecule has 9 heavy (non-hydrogen) atoms. The van der Waals surface area contributed by atoms with Crippen LogP contribution in [0.2, 0.25) is 0 Å². The van der Waals surface area contributed by atoms with Crippen LogP contribution in [0.3, 0.4) is 0 Å². The van der Waals surface area contributed by atoms with Gasteiger partial charge in [-0.25, -0.2) is 0 Å². The second-order valence-electron chi connectivity index (χ2n) is 3.42. The molecular formula is C8H14O. The van der Waals surface area contributed by atoms with Gasteiger partial charge in [0.15, 0.2) is 0 Å². The van der Waals surface area contributed by atoms with Gasteiger partial charge >= 0.3 is 0 Å². The molecule has 1 aliphatic carbocycles. The number of hydrogen-bond acceptors (Lipinski definition) is 1. The van der Waals surface area contributed by atoms with Crippen LogP contribution in [0.15, 0.2) is 0 Å². The minimum atomic E-state index is 0.671. The van der Waals surface area contributed by atoms with Gasteiger partial charge in [-0.05, 0) is 18.3 Å². The van der Waals surface area contributed by atoms with Gasteiger partial charge in [0.25, 0.3) is 0 Å². The van der Waals surface area contributed by atoms with Gasteiger partial charge in [0.1, 0.15) is 0 Å². The molecule has 0 aromatic carbocycles. The zero-order valence-electron chi connectivity index (χ0n) is 6.13. The van der Waals surface area contributed by atoms with Crippen molar-refractivity contribution >= 4 is 0 Å². The molecule has 0 bridgehead atoms. The molecule has 1 nitrogen and oxygen atoms in total. The summed E-state index contributed by atoms with van der Waals surface area (Å²) in [5.74, 6) is 1.81. The standard InChI is InChI=1S/C8H14O/c1-3-6-5(2)4-7-8(6)9-7/h5-8H,3-4H2,1-2H3/t5-,6+,7+,8?/m0/s1. The lowest BCUT2D eigenvalue weighted by Crippen LogP contribution is -2.10. The highest BCUT2D eigenvalue weighted by molar-refractivity contribution is 5.00. The Balaban J connectivity index is 2.02. The smallest absolute Gasteiger partial charge is 0.0872 e. The van der Waals surface area contributed by atoms with Gasteiger partial charge in [0.05, 0.1) is 12.2 Å². The molecule has 2 rings (SSSR count). The highest BCUT2D eigenvalue weighted by Crippen LogP contribution is 2.47. The lowest BCUT2D eigenvalue weighted by molar-refractivity contribution is 0.209. The van der Waals surface area contributed by atoms with E-state index in [0.717, 1.165) is 11.8 Å². The maximum atomic E-state index is 5.43. The van der Waals surface area contributed by atoms with Crippen LogP contribution in [0.4, 0.5) is 0 Å². The highest BCUT2D eigenvalue weighted by Gasteiger charge is 2.52. The van der Waals surface area contributed by atoms with Crippen LogP contribution in [0, 0.1) is 11.8 Å². The summed E-state index contributed by atoms with van der Waals surface area (Å²) in [6, 6.07) is 0. The summed E-state index contributed by atoms with van der Waals surface area (Å²) in [4.78, 5) is 0. The Morgan fingerprint density at radius 1 is 1.56 bits per heavy atom. The minimum Gasteiger partial charge on any atom is -0.369 e. The summed E-state index contributed by atoms with van der Waals surface area (Å²) in [6.07, 6.45) is 3.97. The number of epoxide rings is 1. The van der Waals surface area contributed by atoms with E-state index in [4.69, 9.17) is 4.74 Å². The monoisotopic (exact) mass is 126 g/mol. The van der Waals surface area contributed by atoms with Crippen molar-refractivity contribution in [3.8, 4) is 0 Å². The first kappa shape index (κ1) is 5.72. The van der Waals surface area contributed by atoms with Crippen LogP contribution < -0.4 is 0 Å². The molecule has 2 aliphatic rings. The topological polar surface area (TPSA) is 12.5 Å². The van der Waals surface area contributed by atoms with Crippen LogP contribution in [-0.2, 0) is 4.74 Å². The zero-order valence-corrected chi connectivity index (χ0v) is 6.13. The molecule has 1 saturated carbocycles. The number of fused-ring (bicyclic) bond motifs is 1. The Labute approximate surface area is 56.4 Å². The SMILES string of the molecule is CC[C@H]1C2O[C@@H]2C[C@@H]1C. The van der Waals surface area contributed by atoms with E-state index in [2.05, 4.69) is 13.8 Å². The summed E-state index contributed by atoms with van der Waals surface area (Å²) in [5.41, 5.74) is 0. The van der Waals surface area contributed by atoms with Crippen LogP contribution in [0.1, 0.15) is 26.7 Å². The molecule has 1 unspecified atom stereocenters. The van der Waals surface area contributed by atoms with E-state index in [1.165, 1.54) is 12.8 Å². The summed E-state index contributed by atoms with van der Waals surface area (Å²) in [6.45, 7) is 4.62. The summed E-state index contributed by atoms with van der Waals surface area (Å²) >= 11 is 0. The average molecular weight is 126 g/mol. The van der Waals surface area contributed by atoms with Crippen molar-refractivity contribution in [3.63, 3.8) is 0 Å². The van der Waals surface area contributed by atoms with Crippen LogP contribution in [0.25, 0.3) is 0 Å². The molecule has 1 saturated heterocycles. The number of hydrogen-bond donors (Lipinski definition) is 0. The second kappa shape index (κ2) is 1.72. The third-order valence-electron chi connectivity index (χ3n) is 2.85. The van der Waals surface area contributed by atoms with Crippen molar-refractivity contribution in [2.45, 2.75) is 38.9 Å². The molecule has 0 aromatic rings. The molecule has 1 heteroatoms. The Hall–Kier alpha value is -0.0400. The van der Waals surface area contributed by atoms with Gasteiger partial charge in [-0.1, -0.05) is 20.3 Å². The van der Waals surface area contributed by atoms with E-state index < -0.39 is 0 Å². The molecule has 2 fully saturated rings. The highest BCUT2D eigenvalue weighted by atomic mass is 16.6. The molecule has 1 aliphatic heterocycles. The van der Waals surface area contributed by atoms with Gasteiger partial charge in [-0.3, -0.25) is 0 Å². The van der Waals surface area contributed by atoms with Gasteiger partial charge in [-0.2, -0.15) is 0 Å². The Bertz CT molecular complexity index is 120.